The zero-order valence-electron chi connectivity index (χ0n) is 10.6. The normalized spacial score (nSPS) is 11.6. The van der Waals surface area contributed by atoms with Crippen molar-refractivity contribution >= 4 is 5.91 Å². The number of carbonyl (C=O) groups is 1. The molecule has 0 spiro atoms. The van der Waals surface area contributed by atoms with Crippen LogP contribution in [0.1, 0.15) is 24.5 Å². The summed E-state index contributed by atoms with van der Waals surface area (Å²) in [5, 5.41) is 8.60. The fourth-order valence-corrected chi connectivity index (χ4v) is 1.52. The molecule has 0 bridgehead atoms. The second-order valence-corrected chi connectivity index (χ2v) is 4.38. The van der Waals surface area contributed by atoms with Gasteiger partial charge in [0.25, 0.3) is 0 Å². The molecule has 0 heterocycles. The smallest absolute Gasteiger partial charge is 0.227 e. The third kappa shape index (κ3) is 3.92. The first-order valence-electron chi connectivity index (χ1n) is 5.72. The summed E-state index contributed by atoms with van der Waals surface area (Å²) in [6.45, 7) is 3.91. The third-order valence-electron chi connectivity index (χ3n) is 2.92. The van der Waals surface area contributed by atoms with Crippen molar-refractivity contribution in [2.24, 2.45) is 0 Å². The van der Waals surface area contributed by atoms with Gasteiger partial charge in [0.15, 0.2) is 0 Å². The molecule has 1 unspecified atom stereocenters. The van der Waals surface area contributed by atoms with E-state index < -0.39 is 0 Å². The Morgan fingerprint density at radius 2 is 2.00 bits per heavy atom. The van der Waals surface area contributed by atoms with Crippen LogP contribution in [0.4, 0.5) is 0 Å². The van der Waals surface area contributed by atoms with Gasteiger partial charge in [0.1, 0.15) is 0 Å². The maximum absolute atomic E-state index is 11.9. The molecule has 90 valence electrons. The first-order chi connectivity index (χ1) is 8.04. The van der Waals surface area contributed by atoms with Gasteiger partial charge >= 0.3 is 0 Å². The van der Waals surface area contributed by atoms with Gasteiger partial charge in [-0.1, -0.05) is 29.8 Å². The summed E-state index contributed by atoms with van der Waals surface area (Å²) < 4.78 is 0. The van der Waals surface area contributed by atoms with E-state index in [2.05, 4.69) is 6.07 Å². The number of rotatable bonds is 4. The first-order valence-corrected chi connectivity index (χ1v) is 5.72. The van der Waals surface area contributed by atoms with Crippen LogP contribution in [0.15, 0.2) is 24.3 Å². The number of amides is 1. The molecule has 0 fully saturated rings. The van der Waals surface area contributed by atoms with E-state index in [0.717, 1.165) is 5.56 Å². The summed E-state index contributed by atoms with van der Waals surface area (Å²) in [5.41, 5.74) is 2.20. The van der Waals surface area contributed by atoms with Crippen molar-refractivity contribution in [2.75, 3.05) is 7.05 Å². The molecule has 1 rings (SSSR count). The van der Waals surface area contributed by atoms with E-state index in [-0.39, 0.29) is 11.9 Å². The zero-order chi connectivity index (χ0) is 12.8. The Hall–Kier alpha value is -1.82. The summed E-state index contributed by atoms with van der Waals surface area (Å²) >= 11 is 0. The van der Waals surface area contributed by atoms with Gasteiger partial charge in [0, 0.05) is 13.1 Å². The van der Waals surface area contributed by atoms with Gasteiger partial charge in [-0.15, -0.1) is 0 Å². The Labute approximate surface area is 103 Å². The molecule has 0 aliphatic rings. The van der Waals surface area contributed by atoms with Crippen molar-refractivity contribution in [3.63, 3.8) is 0 Å². The molecule has 0 N–H and O–H groups in total. The molecule has 0 radical (unpaired) electrons. The zero-order valence-corrected chi connectivity index (χ0v) is 10.6. The standard InChI is InChI=1S/C14H18N2O/c1-11-4-6-13(7-5-11)10-14(17)16(3)12(2)8-9-15/h4-7,12H,8,10H2,1-3H3. The molecule has 1 atom stereocenters. The number of hydrogen-bond donors (Lipinski definition) is 0. The van der Waals surface area contributed by atoms with E-state index in [9.17, 15) is 4.79 Å². The number of carbonyl (C=O) groups excluding carboxylic acids is 1. The van der Waals surface area contributed by atoms with Crippen LogP contribution in [-0.2, 0) is 11.2 Å². The average Bonchev–Trinajstić information content (AvgIpc) is 2.31. The maximum atomic E-state index is 11.9. The van der Waals surface area contributed by atoms with Gasteiger partial charge in [-0.2, -0.15) is 5.26 Å². The topological polar surface area (TPSA) is 44.1 Å². The quantitative estimate of drug-likeness (QED) is 0.796. The molecule has 0 aliphatic carbocycles. The number of nitrogens with zero attached hydrogens (tertiary/aromatic N) is 2. The molecule has 0 saturated carbocycles. The summed E-state index contributed by atoms with van der Waals surface area (Å²) in [6, 6.07) is 9.99. The highest BCUT2D eigenvalue weighted by Gasteiger charge is 2.15. The van der Waals surface area contributed by atoms with E-state index in [1.54, 1.807) is 11.9 Å². The molecular weight excluding hydrogens is 212 g/mol. The van der Waals surface area contributed by atoms with Gasteiger partial charge in [-0.05, 0) is 19.4 Å². The van der Waals surface area contributed by atoms with Crippen LogP contribution in [-0.4, -0.2) is 23.9 Å². The fourth-order valence-electron chi connectivity index (χ4n) is 1.52. The van der Waals surface area contributed by atoms with Crippen LogP contribution in [0.3, 0.4) is 0 Å². The monoisotopic (exact) mass is 230 g/mol. The van der Waals surface area contributed by atoms with Gasteiger partial charge in [0.05, 0.1) is 18.9 Å². The second-order valence-electron chi connectivity index (χ2n) is 4.38. The number of likely N-dealkylation sites (N-methyl/N-ethyl adjacent to an activating group) is 1. The minimum Gasteiger partial charge on any atom is -0.342 e. The lowest BCUT2D eigenvalue weighted by atomic mass is 10.1. The highest BCUT2D eigenvalue weighted by Crippen LogP contribution is 2.08. The summed E-state index contributed by atoms with van der Waals surface area (Å²) in [5.74, 6) is 0.0524. The summed E-state index contributed by atoms with van der Waals surface area (Å²) in [6.07, 6.45) is 0.767. The van der Waals surface area contributed by atoms with Crippen molar-refractivity contribution in [2.45, 2.75) is 32.7 Å². The van der Waals surface area contributed by atoms with Crippen LogP contribution in [0.25, 0.3) is 0 Å². The van der Waals surface area contributed by atoms with Crippen molar-refractivity contribution in [3.8, 4) is 6.07 Å². The molecule has 0 aromatic heterocycles. The van der Waals surface area contributed by atoms with Gasteiger partial charge in [-0.25, -0.2) is 0 Å². The molecule has 1 amide bonds. The molecule has 0 aliphatic heterocycles. The number of hydrogen-bond acceptors (Lipinski definition) is 2. The summed E-state index contributed by atoms with van der Waals surface area (Å²) in [4.78, 5) is 13.6. The first kappa shape index (κ1) is 13.2. The van der Waals surface area contributed by atoms with Gasteiger partial charge in [-0.3, -0.25) is 4.79 Å². The predicted molar refractivity (Wildman–Crippen MR) is 67.3 cm³/mol. The van der Waals surface area contributed by atoms with Crippen LogP contribution in [0, 0.1) is 18.3 Å². The van der Waals surface area contributed by atoms with Crippen LogP contribution >= 0.6 is 0 Å². The number of nitriles is 1. The van der Waals surface area contributed by atoms with E-state index in [1.165, 1.54) is 5.56 Å². The van der Waals surface area contributed by atoms with Crippen molar-refractivity contribution < 1.29 is 4.79 Å². The molecular formula is C14H18N2O. The van der Waals surface area contributed by atoms with E-state index in [4.69, 9.17) is 5.26 Å². The van der Waals surface area contributed by atoms with E-state index in [1.807, 2.05) is 38.1 Å². The molecule has 0 saturated heterocycles. The van der Waals surface area contributed by atoms with Crippen molar-refractivity contribution in [1.82, 2.24) is 4.90 Å². The Bertz CT molecular complexity index is 417. The lowest BCUT2D eigenvalue weighted by molar-refractivity contribution is -0.130. The Morgan fingerprint density at radius 3 is 2.53 bits per heavy atom. The van der Waals surface area contributed by atoms with Gasteiger partial charge in [0.2, 0.25) is 5.91 Å². The summed E-state index contributed by atoms with van der Waals surface area (Å²) in [7, 11) is 1.75. The van der Waals surface area contributed by atoms with Crippen molar-refractivity contribution in [3.05, 3.63) is 35.4 Å². The molecule has 3 nitrogen and oxygen atoms in total. The van der Waals surface area contributed by atoms with Crippen LogP contribution < -0.4 is 0 Å². The lowest BCUT2D eigenvalue weighted by Gasteiger charge is -2.23. The maximum Gasteiger partial charge on any atom is 0.227 e. The Kier molecular flexibility index (Phi) is 4.71. The van der Waals surface area contributed by atoms with E-state index in [0.29, 0.717) is 12.8 Å². The van der Waals surface area contributed by atoms with E-state index >= 15 is 0 Å². The molecule has 1 aromatic carbocycles. The molecule has 17 heavy (non-hydrogen) atoms. The largest absolute Gasteiger partial charge is 0.342 e. The van der Waals surface area contributed by atoms with Crippen molar-refractivity contribution in [1.29, 1.82) is 5.26 Å². The third-order valence-corrected chi connectivity index (χ3v) is 2.92. The average molecular weight is 230 g/mol. The van der Waals surface area contributed by atoms with Crippen LogP contribution in [0.2, 0.25) is 0 Å². The highest BCUT2D eigenvalue weighted by molar-refractivity contribution is 5.78. The SMILES string of the molecule is Cc1ccc(CC(=O)N(C)C(C)CC#N)cc1. The number of benzene rings is 1. The molecule has 3 heteroatoms. The Morgan fingerprint density at radius 1 is 1.41 bits per heavy atom. The Balaban J connectivity index is 2.60. The second kappa shape index (κ2) is 6.05. The fraction of sp³-hybridized carbons (Fsp3) is 0.429. The minimum atomic E-state index is -0.0297. The number of aryl methyl sites for hydroxylation is 1. The minimum absolute atomic E-state index is 0.0297. The van der Waals surface area contributed by atoms with Gasteiger partial charge < -0.3 is 4.90 Å². The van der Waals surface area contributed by atoms with Crippen LogP contribution in [0.5, 0.6) is 0 Å². The predicted octanol–water partition coefficient (Wildman–Crippen LogP) is 2.30. The lowest BCUT2D eigenvalue weighted by Crippen LogP contribution is -2.35. The highest BCUT2D eigenvalue weighted by atomic mass is 16.2. The molecule has 1 aromatic rings.